The molecule has 84 valence electrons. The summed E-state index contributed by atoms with van der Waals surface area (Å²) in [5, 5.41) is 9.03. The molecule has 0 saturated carbocycles. The number of amides is 1. The molecule has 1 amide bonds. The molecule has 1 rings (SSSR count). The van der Waals surface area contributed by atoms with Gasteiger partial charge in [0.15, 0.2) is 5.96 Å². The number of benzene rings is 1. The van der Waals surface area contributed by atoms with Crippen LogP contribution in [0, 0.1) is 11.2 Å². The van der Waals surface area contributed by atoms with Crippen LogP contribution in [0.2, 0.25) is 5.02 Å². The maximum absolute atomic E-state index is 13.2. The normalized spacial score (nSPS) is 10.4. The predicted molar refractivity (Wildman–Crippen MR) is 60.5 cm³/mol. The van der Waals surface area contributed by atoms with Crippen molar-refractivity contribution in [2.45, 2.75) is 0 Å². The van der Waals surface area contributed by atoms with Gasteiger partial charge in [0.05, 0.1) is 5.02 Å². The highest BCUT2D eigenvalue weighted by Crippen LogP contribution is 2.19. The molecule has 1 aromatic carbocycles. The minimum Gasteiger partial charge on any atom is -0.370 e. The molecule has 0 heterocycles. The summed E-state index contributed by atoms with van der Waals surface area (Å²) in [5.74, 6) is -1.62. The molecule has 0 aromatic heterocycles. The molecule has 0 bridgehead atoms. The first kappa shape index (κ1) is 12.2. The van der Waals surface area contributed by atoms with Gasteiger partial charge in [-0.25, -0.2) is 4.39 Å². The lowest BCUT2D eigenvalue weighted by Gasteiger charge is -2.00. The van der Waals surface area contributed by atoms with E-state index in [4.69, 9.17) is 22.7 Å². The van der Waals surface area contributed by atoms with Gasteiger partial charge >= 0.3 is 0 Å². The Bertz CT molecular complexity index is 439. The highest BCUT2D eigenvalue weighted by Gasteiger charge is 2.03. The molecular formula is C10H9ClFN3O. The Labute approximate surface area is 96.4 Å². The smallest absolute Gasteiger partial charge is 0.250 e. The molecular weight excluding hydrogens is 233 g/mol. The van der Waals surface area contributed by atoms with Gasteiger partial charge in [-0.1, -0.05) is 17.7 Å². The first-order valence-electron chi connectivity index (χ1n) is 4.28. The molecule has 0 aliphatic heterocycles. The number of nitrogens with one attached hydrogen (secondary N) is 2. The molecule has 4 N–H and O–H groups in total. The molecule has 4 nitrogen and oxygen atoms in total. The van der Waals surface area contributed by atoms with E-state index in [2.05, 4.69) is 0 Å². The summed E-state index contributed by atoms with van der Waals surface area (Å²) < 4.78 is 13.2. The monoisotopic (exact) mass is 241 g/mol. The van der Waals surface area contributed by atoms with Crippen molar-refractivity contribution in [1.29, 1.82) is 5.41 Å². The molecule has 0 unspecified atom stereocenters. The number of hydrogen-bond acceptors (Lipinski definition) is 2. The van der Waals surface area contributed by atoms with Crippen LogP contribution in [0.1, 0.15) is 5.56 Å². The van der Waals surface area contributed by atoms with Gasteiger partial charge in [0.25, 0.3) is 5.91 Å². The summed E-state index contributed by atoms with van der Waals surface area (Å²) in [5.41, 5.74) is 5.05. The van der Waals surface area contributed by atoms with E-state index < -0.39 is 17.7 Å². The largest absolute Gasteiger partial charge is 0.370 e. The molecule has 0 fully saturated rings. The standard InChI is InChI=1S/C10H9ClFN3O/c11-7-2-1-3-8(12)6(7)4-5-9(16)15-10(13)14/h1-5H,(H4,13,14,15,16). The van der Waals surface area contributed by atoms with Crippen LogP contribution in [0.5, 0.6) is 0 Å². The van der Waals surface area contributed by atoms with Crippen molar-refractivity contribution in [3.8, 4) is 0 Å². The lowest BCUT2D eigenvalue weighted by atomic mass is 10.2. The second kappa shape index (κ2) is 5.27. The van der Waals surface area contributed by atoms with Gasteiger partial charge < -0.3 is 5.73 Å². The summed E-state index contributed by atoms with van der Waals surface area (Å²) in [6.07, 6.45) is 2.27. The summed E-state index contributed by atoms with van der Waals surface area (Å²) in [4.78, 5) is 11.1. The second-order valence-electron chi connectivity index (χ2n) is 2.87. The fourth-order valence-corrected chi connectivity index (χ4v) is 1.23. The maximum Gasteiger partial charge on any atom is 0.250 e. The van der Waals surface area contributed by atoms with Gasteiger partial charge in [0.2, 0.25) is 0 Å². The Morgan fingerprint density at radius 3 is 2.81 bits per heavy atom. The van der Waals surface area contributed by atoms with Gasteiger partial charge in [0.1, 0.15) is 5.82 Å². The molecule has 0 saturated heterocycles. The Kier molecular flexibility index (Phi) is 4.02. The summed E-state index contributed by atoms with van der Waals surface area (Å²) in [6.45, 7) is 0. The number of carbonyl (C=O) groups is 1. The molecule has 0 aliphatic carbocycles. The van der Waals surface area contributed by atoms with Crippen LogP contribution >= 0.6 is 11.6 Å². The fourth-order valence-electron chi connectivity index (χ4n) is 1.00. The highest BCUT2D eigenvalue weighted by molar-refractivity contribution is 6.32. The van der Waals surface area contributed by atoms with Crippen LogP contribution in [0.25, 0.3) is 6.08 Å². The van der Waals surface area contributed by atoms with Crippen LogP contribution < -0.4 is 11.1 Å². The minimum absolute atomic E-state index is 0.114. The van der Waals surface area contributed by atoms with Crippen molar-refractivity contribution in [2.75, 3.05) is 0 Å². The zero-order valence-corrected chi connectivity index (χ0v) is 8.88. The predicted octanol–water partition coefficient (Wildman–Crippen LogP) is 1.50. The number of carbonyl (C=O) groups excluding carboxylic acids is 1. The fraction of sp³-hybridized carbons (Fsp3) is 0. The van der Waals surface area contributed by atoms with Gasteiger partial charge in [-0.05, 0) is 18.2 Å². The van der Waals surface area contributed by atoms with E-state index in [1.54, 1.807) is 0 Å². The molecule has 0 aliphatic rings. The average Bonchev–Trinajstić information content (AvgIpc) is 2.15. The van der Waals surface area contributed by atoms with E-state index in [0.717, 1.165) is 6.08 Å². The van der Waals surface area contributed by atoms with Crippen LogP contribution in [0.4, 0.5) is 4.39 Å². The summed E-state index contributed by atoms with van der Waals surface area (Å²) in [7, 11) is 0. The lowest BCUT2D eigenvalue weighted by Crippen LogP contribution is -2.34. The Morgan fingerprint density at radius 2 is 2.25 bits per heavy atom. The van der Waals surface area contributed by atoms with Crippen molar-refractivity contribution in [3.63, 3.8) is 0 Å². The van der Waals surface area contributed by atoms with Crippen molar-refractivity contribution in [2.24, 2.45) is 5.73 Å². The Hall–Kier alpha value is -1.88. The van der Waals surface area contributed by atoms with Gasteiger partial charge in [-0.15, -0.1) is 0 Å². The highest BCUT2D eigenvalue weighted by atomic mass is 35.5. The number of rotatable bonds is 2. The molecule has 0 spiro atoms. The minimum atomic E-state index is -0.619. The van der Waals surface area contributed by atoms with Crippen LogP contribution in [-0.2, 0) is 4.79 Å². The second-order valence-corrected chi connectivity index (χ2v) is 3.28. The van der Waals surface area contributed by atoms with E-state index >= 15 is 0 Å². The first-order valence-corrected chi connectivity index (χ1v) is 4.65. The van der Waals surface area contributed by atoms with Crippen LogP contribution in [-0.4, -0.2) is 11.9 Å². The van der Waals surface area contributed by atoms with Crippen molar-refractivity contribution in [1.82, 2.24) is 5.32 Å². The number of nitrogens with two attached hydrogens (primary N) is 1. The van der Waals surface area contributed by atoms with Crippen molar-refractivity contribution in [3.05, 3.63) is 40.7 Å². The molecule has 16 heavy (non-hydrogen) atoms. The first-order chi connectivity index (χ1) is 7.50. The molecule has 0 radical (unpaired) electrons. The Balaban J connectivity index is 2.84. The number of guanidine groups is 1. The van der Waals surface area contributed by atoms with Gasteiger partial charge in [0, 0.05) is 11.6 Å². The zero-order chi connectivity index (χ0) is 12.1. The van der Waals surface area contributed by atoms with E-state index in [1.807, 2.05) is 5.32 Å². The summed E-state index contributed by atoms with van der Waals surface area (Å²) >= 11 is 5.73. The lowest BCUT2D eigenvalue weighted by molar-refractivity contribution is -0.115. The van der Waals surface area contributed by atoms with Crippen LogP contribution in [0.15, 0.2) is 24.3 Å². The average molecular weight is 242 g/mol. The SMILES string of the molecule is N=C(N)NC(=O)C=Cc1c(F)cccc1Cl. The van der Waals surface area contributed by atoms with E-state index in [-0.39, 0.29) is 10.6 Å². The molecule has 1 aromatic rings. The Morgan fingerprint density at radius 1 is 1.56 bits per heavy atom. The molecule has 6 heteroatoms. The number of halogens is 2. The number of hydrogen-bond donors (Lipinski definition) is 3. The third-order valence-electron chi connectivity index (χ3n) is 1.66. The molecule has 0 atom stereocenters. The van der Waals surface area contributed by atoms with E-state index in [0.29, 0.717) is 0 Å². The summed E-state index contributed by atoms with van der Waals surface area (Å²) in [6, 6.07) is 4.20. The van der Waals surface area contributed by atoms with Crippen LogP contribution in [0.3, 0.4) is 0 Å². The topological polar surface area (TPSA) is 79.0 Å². The maximum atomic E-state index is 13.2. The quantitative estimate of drug-likeness (QED) is 0.417. The van der Waals surface area contributed by atoms with Gasteiger partial charge in [-0.2, -0.15) is 0 Å². The van der Waals surface area contributed by atoms with Crippen molar-refractivity contribution < 1.29 is 9.18 Å². The zero-order valence-electron chi connectivity index (χ0n) is 8.13. The third-order valence-corrected chi connectivity index (χ3v) is 1.99. The van der Waals surface area contributed by atoms with Crippen molar-refractivity contribution >= 4 is 29.5 Å². The van der Waals surface area contributed by atoms with E-state index in [1.165, 1.54) is 24.3 Å². The van der Waals surface area contributed by atoms with Gasteiger partial charge in [-0.3, -0.25) is 15.5 Å². The van der Waals surface area contributed by atoms with E-state index in [9.17, 15) is 9.18 Å². The third kappa shape index (κ3) is 3.36.